The van der Waals surface area contributed by atoms with Gasteiger partial charge in [-0.15, -0.1) is 6.42 Å². The van der Waals surface area contributed by atoms with E-state index in [-0.39, 0.29) is 29.3 Å². The molecule has 0 saturated heterocycles. The lowest BCUT2D eigenvalue weighted by Gasteiger charge is -2.19. The molecule has 0 bridgehead atoms. The van der Waals surface area contributed by atoms with Gasteiger partial charge < -0.3 is 9.47 Å². The molecule has 4 unspecified atom stereocenters. The smallest absolute Gasteiger partial charge is 0.311 e. The van der Waals surface area contributed by atoms with Gasteiger partial charge in [0.25, 0.3) is 0 Å². The van der Waals surface area contributed by atoms with Crippen LogP contribution in [0.4, 0.5) is 0 Å². The number of allylic oxidation sites excluding steroid dienone is 4. The molecule has 1 aliphatic heterocycles. The van der Waals surface area contributed by atoms with Crippen LogP contribution in [0.1, 0.15) is 33.6 Å². The van der Waals surface area contributed by atoms with Crippen molar-refractivity contribution in [1.29, 1.82) is 0 Å². The summed E-state index contributed by atoms with van der Waals surface area (Å²) in [6, 6.07) is 0. The van der Waals surface area contributed by atoms with E-state index >= 15 is 0 Å². The number of esters is 1. The second-order valence-electron chi connectivity index (χ2n) is 6.96. The molecule has 1 heterocycles. The van der Waals surface area contributed by atoms with Crippen molar-refractivity contribution in [1.82, 2.24) is 0 Å². The molecule has 2 aliphatic rings. The van der Waals surface area contributed by atoms with Crippen molar-refractivity contribution in [2.75, 3.05) is 0 Å². The number of hydrogen-bond acceptors (Lipinski definition) is 3. The molecule has 1 fully saturated rings. The minimum absolute atomic E-state index is 0.00908. The fourth-order valence-electron chi connectivity index (χ4n) is 3.19. The maximum atomic E-state index is 12.5. The fourth-order valence-corrected chi connectivity index (χ4v) is 3.19. The van der Waals surface area contributed by atoms with Crippen LogP contribution in [-0.2, 0) is 14.3 Å². The third-order valence-corrected chi connectivity index (χ3v) is 4.83. The second-order valence-corrected chi connectivity index (χ2v) is 6.96. The zero-order valence-corrected chi connectivity index (χ0v) is 14.7. The first kappa shape index (κ1) is 18.1. The van der Waals surface area contributed by atoms with Gasteiger partial charge in [0.1, 0.15) is 6.10 Å². The SMILES string of the molecule is C#CC(OC(=O)C1C(C=CC=C)C1(C)C)C(C)=CC1CCC=CO1. The van der Waals surface area contributed by atoms with E-state index in [1.54, 1.807) is 12.3 Å². The summed E-state index contributed by atoms with van der Waals surface area (Å²) in [5.74, 6) is 2.34. The summed E-state index contributed by atoms with van der Waals surface area (Å²) in [6.45, 7) is 9.67. The molecular weight excluding hydrogens is 300 g/mol. The normalized spacial score (nSPS) is 29.4. The number of rotatable bonds is 6. The second kappa shape index (κ2) is 7.57. The van der Waals surface area contributed by atoms with Crippen LogP contribution in [0.15, 0.2) is 48.8 Å². The monoisotopic (exact) mass is 326 g/mol. The molecule has 0 radical (unpaired) electrons. The maximum Gasteiger partial charge on any atom is 0.311 e. The van der Waals surface area contributed by atoms with Gasteiger partial charge in [-0.2, -0.15) is 0 Å². The van der Waals surface area contributed by atoms with Crippen LogP contribution in [0.3, 0.4) is 0 Å². The van der Waals surface area contributed by atoms with Gasteiger partial charge in [0.2, 0.25) is 0 Å². The largest absolute Gasteiger partial charge is 0.494 e. The molecule has 0 amide bonds. The summed E-state index contributed by atoms with van der Waals surface area (Å²) < 4.78 is 11.1. The molecule has 0 aromatic rings. The quantitative estimate of drug-likeness (QED) is 0.318. The van der Waals surface area contributed by atoms with Crippen molar-refractivity contribution in [3.05, 3.63) is 48.8 Å². The van der Waals surface area contributed by atoms with E-state index in [9.17, 15) is 4.79 Å². The van der Waals surface area contributed by atoms with Crippen molar-refractivity contribution in [3.8, 4) is 12.3 Å². The highest BCUT2D eigenvalue weighted by atomic mass is 16.5. The van der Waals surface area contributed by atoms with Crippen LogP contribution in [0.5, 0.6) is 0 Å². The zero-order chi connectivity index (χ0) is 17.7. The number of hydrogen-bond donors (Lipinski definition) is 0. The topological polar surface area (TPSA) is 35.5 Å². The molecule has 24 heavy (non-hydrogen) atoms. The molecule has 128 valence electrons. The lowest BCUT2D eigenvalue weighted by atomic mass is 10.1. The van der Waals surface area contributed by atoms with E-state index in [0.29, 0.717) is 0 Å². The first-order valence-electron chi connectivity index (χ1n) is 8.36. The molecule has 0 spiro atoms. The van der Waals surface area contributed by atoms with Crippen molar-refractivity contribution in [3.63, 3.8) is 0 Å². The molecule has 0 aromatic heterocycles. The van der Waals surface area contributed by atoms with Crippen LogP contribution in [0, 0.1) is 29.6 Å². The number of carbonyl (C=O) groups is 1. The third kappa shape index (κ3) is 4.00. The van der Waals surface area contributed by atoms with Crippen molar-refractivity contribution in [2.24, 2.45) is 17.3 Å². The van der Waals surface area contributed by atoms with Crippen LogP contribution >= 0.6 is 0 Å². The van der Waals surface area contributed by atoms with Crippen LogP contribution < -0.4 is 0 Å². The molecule has 1 saturated carbocycles. The molecule has 1 aliphatic carbocycles. The van der Waals surface area contributed by atoms with Gasteiger partial charge in [-0.05, 0) is 48.8 Å². The predicted octanol–water partition coefficient (Wildman–Crippen LogP) is 4.18. The van der Waals surface area contributed by atoms with Gasteiger partial charge in [-0.1, -0.05) is 44.6 Å². The van der Waals surface area contributed by atoms with E-state index in [0.717, 1.165) is 18.4 Å². The predicted molar refractivity (Wildman–Crippen MR) is 95.8 cm³/mol. The summed E-state index contributed by atoms with van der Waals surface area (Å²) in [5, 5.41) is 0. The molecule has 0 aromatic carbocycles. The highest BCUT2D eigenvalue weighted by molar-refractivity contribution is 5.79. The van der Waals surface area contributed by atoms with E-state index < -0.39 is 6.10 Å². The van der Waals surface area contributed by atoms with Gasteiger partial charge >= 0.3 is 5.97 Å². The van der Waals surface area contributed by atoms with Crippen molar-refractivity contribution in [2.45, 2.75) is 45.8 Å². The molecule has 0 N–H and O–H groups in total. The Labute approximate surface area is 145 Å². The third-order valence-electron chi connectivity index (χ3n) is 4.83. The lowest BCUT2D eigenvalue weighted by molar-refractivity contribution is -0.147. The highest BCUT2D eigenvalue weighted by Gasteiger charge is 2.61. The number of carbonyl (C=O) groups excluding carboxylic acids is 1. The summed E-state index contributed by atoms with van der Waals surface area (Å²) in [7, 11) is 0. The fraction of sp³-hybridized carbons (Fsp3) is 0.476. The lowest BCUT2D eigenvalue weighted by Crippen LogP contribution is -2.22. The Hall–Kier alpha value is -2.21. The molecule has 4 atom stereocenters. The van der Waals surface area contributed by atoms with Gasteiger partial charge in [-0.25, -0.2) is 0 Å². The van der Waals surface area contributed by atoms with E-state index in [1.165, 1.54) is 0 Å². The molecule has 3 heteroatoms. The minimum Gasteiger partial charge on any atom is -0.494 e. The van der Waals surface area contributed by atoms with Crippen molar-refractivity contribution >= 4 is 5.97 Å². The summed E-state index contributed by atoms with van der Waals surface area (Å²) >= 11 is 0. The molecule has 3 nitrogen and oxygen atoms in total. The zero-order valence-electron chi connectivity index (χ0n) is 14.7. The van der Waals surface area contributed by atoms with E-state index in [2.05, 4.69) is 26.3 Å². The summed E-state index contributed by atoms with van der Waals surface area (Å²) in [6.07, 6.45) is 18.1. The Morgan fingerprint density at radius 3 is 2.88 bits per heavy atom. The highest BCUT2D eigenvalue weighted by Crippen LogP contribution is 2.59. The van der Waals surface area contributed by atoms with Gasteiger partial charge in [-0.3, -0.25) is 4.79 Å². The minimum atomic E-state index is -0.646. The number of ether oxygens (including phenoxy) is 2. The van der Waals surface area contributed by atoms with E-state index in [1.807, 2.05) is 31.2 Å². The summed E-state index contributed by atoms with van der Waals surface area (Å²) in [4.78, 5) is 12.5. The Morgan fingerprint density at radius 2 is 2.29 bits per heavy atom. The van der Waals surface area contributed by atoms with Gasteiger partial charge in [0, 0.05) is 0 Å². The Bertz CT molecular complexity index is 615. The maximum absolute atomic E-state index is 12.5. The van der Waals surface area contributed by atoms with Crippen LogP contribution in [0.25, 0.3) is 0 Å². The summed E-state index contributed by atoms with van der Waals surface area (Å²) in [5.41, 5.74) is 0.729. The average Bonchev–Trinajstić information content (AvgIpc) is 3.12. The number of terminal acetylenes is 1. The molecular formula is C21H26O3. The Balaban J connectivity index is 2.00. The van der Waals surface area contributed by atoms with Gasteiger partial charge in [0.05, 0.1) is 12.2 Å². The van der Waals surface area contributed by atoms with Crippen molar-refractivity contribution < 1.29 is 14.3 Å². The average molecular weight is 326 g/mol. The molecule has 2 rings (SSSR count). The first-order chi connectivity index (χ1) is 11.4. The Morgan fingerprint density at radius 1 is 1.54 bits per heavy atom. The van der Waals surface area contributed by atoms with Crippen LogP contribution in [0.2, 0.25) is 0 Å². The van der Waals surface area contributed by atoms with E-state index in [4.69, 9.17) is 15.9 Å². The standard InChI is InChI=1S/C21H26O3/c1-6-8-12-17-19(21(17,4)5)20(22)24-18(7-2)15(3)14-16-11-9-10-13-23-16/h2,6,8,10,12-14,16-19H,1,9,11H2,3-5H3. The first-order valence-corrected chi connectivity index (χ1v) is 8.36. The van der Waals surface area contributed by atoms with Crippen LogP contribution in [-0.4, -0.2) is 18.2 Å². The Kier molecular flexibility index (Phi) is 5.72. The van der Waals surface area contributed by atoms with Gasteiger partial charge in [0.15, 0.2) is 6.10 Å².